The molecule has 10 nitrogen and oxygen atoms in total. The smallest absolute Gasteiger partial charge is 0.410 e. The molecule has 2 saturated heterocycles. The molecule has 1 N–H and O–H groups in total. The minimum absolute atomic E-state index is 0.0320. The fourth-order valence-corrected chi connectivity index (χ4v) is 9.26. The zero-order valence-corrected chi connectivity index (χ0v) is 31.5. The van der Waals surface area contributed by atoms with Crippen molar-refractivity contribution in [3.63, 3.8) is 0 Å². The summed E-state index contributed by atoms with van der Waals surface area (Å²) in [5.74, 6) is -0.252. The highest BCUT2D eigenvalue weighted by molar-refractivity contribution is 6.00. The molecule has 1 unspecified atom stereocenters. The minimum atomic E-state index is -1.28. The number of aromatic nitrogens is 1. The normalized spacial score (nSPS) is 23.2. The van der Waals surface area contributed by atoms with Crippen LogP contribution in [0, 0.1) is 23.1 Å². The Labute approximate surface area is 307 Å². The second kappa shape index (κ2) is 15.3. The molecule has 52 heavy (non-hydrogen) atoms. The number of carbonyl (C=O) groups excluding carboxylic acids is 3. The molecule has 4 fully saturated rings. The van der Waals surface area contributed by atoms with E-state index in [-0.39, 0.29) is 67.1 Å². The van der Waals surface area contributed by atoms with Crippen LogP contribution in [0.3, 0.4) is 0 Å². The summed E-state index contributed by atoms with van der Waals surface area (Å²) in [6.45, 7) is 9.30. The fourth-order valence-electron chi connectivity index (χ4n) is 9.26. The molecule has 0 radical (unpaired) electrons. The molecular weight excluding hydrogens is 663 g/mol. The lowest BCUT2D eigenvalue weighted by atomic mass is 9.65. The number of halogens is 1. The first kappa shape index (κ1) is 38.0. The van der Waals surface area contributed by atoms with Gasteiger partial charge in [0.25, 0.3) is 11.5 Å². The first-order valence-electron chi connectivity index (χ1n) is 19.5. The standard InChI is InChI=1S/C41H57FN4O6/c1-29(24-30-12-6-5-7-13-30)36(48)45-19-18-41(51,40(27-45)16-10-11-17-40)28-46-26-33(32(25-35(46)47)31-14-8-9-15-34(31)42)37(49)43-20-22-44(23-21-43)38(50)52-39(2,3)4/h8-9,14-15,25-26,29-30,51H,5-7,10-13,16-24,27-28H2,1-4H3/t29?,41-/m1/s1. The van der Waals surface area contributed by atoms with E-state index in [0.717, 1.165) is 32.1 Å². The number of aliphatic hydroxyl groups is 1. The SMILES string of the molecule is CC(CC1CCCCC1)C(=O)N1CC[C@@](O)(Cn2cc(C(=O)N3CCN(C(=O)OC(C)(C)C)CC3)c(-c3ccccc3F)cc2=O)C2(CCCC2)C1. The van der Waals surface area contributed by atoms with E-state index in [1.807, 2.05) is 11.8 Å². The summed E-state index contributed by atoms with van der Waals surface area (Å²) in [6, 6.07) is 7.37. The van der Waals surface area contributed by atoms with Gasteiger partial charge in [0.15, 0.2) is 0 Å². The number of piperidine rings is 1. The second-order valence-corrected chi connectivity index (χ2v) is 17.0. The van der Waals surface area contributed by atoms with Crippen LogP contribution < -0.4 is 5.56 Å². The van der Waals surface area contributed by atoms with Crippen molar-refractivity contribution in [3.05, 3.63) is 58.3 Å². The lowest BCUT2D eigenvalue weighted by Gasteiger charge is -2.53. The van der Waals surface area contributed by atoms with E-state index in [1.54, 1.807) is 48.8 Å². The Kier molecular flexibility index (Phi) is 11.2. The first-order valence-corrected chi connectivity index (χ1v) is 19.5. The molecule has 3 heterocycles. The van der Waals surface area contributed by atoms with Crippen molar-refractivity contribution in [2.24, 2.45) is 17.3 Å². The van der Waals surface area contributed by atoms with Gasteiger partial charge in [0, 0.05) is 74.0 Å². The third-order valence-electron chi connectivity index (χ3n) is 12.2. The quantitative estimate of drug-likeness (QED) is 0.351. The fraction of sp³-hybridized carbons (Fsp3) is 0.659. The highest BCUT2D eigenvalue weighted by atomic mass is 19.1. The third kappa shape index (κ3) is 8.09. The van der Waals surface area contributed by atoms with Gasteiger partial charge in [-0.25, -0.2) is 9.18 Å². The maximum absolute atomic E-state index is 15.2. The molecule has 2 aliphatic heterocycles. The number of hydrogen-bond acceptors (Lipinski definition) is 6. The lowest BCUT2D eigenvalue weighted by Crippen LogP contribution is -2.62. The van der Waals surface area contributed by atoms with Gasteiger partial charge in [0.1, 0.15) is 11.4 Å². The topological polar surface area (TPSA) is 112 Å². The van der Waals surface area contributed by atoms with Gasteiger partial charge >= 0.3 is 6.09 Å². The van der Waals surface area contributed by atoms with Crippen molar-refractivity contribution in [2.45, 2.75) is 116 Å². The molecule has 4 aliphatic rings. The number of benzene rings is 1. The predicted molar refractivity (Wildman–Crippen MR) is 197 cm³/mol. The Morgan fingerprint density at radius 3 is 2.21 bits per heavy atom. The molecule has 1 aromatic carbocycles. The van der Waals surface area contributed by atoms with E-state index in [4.69, 9.17) is 4.74 Å². The zero-order valence-electron chi connectivity index (χ0n) is 31.5. The van der Waals surface area contributed by atoms with Crippen LogP contribution >= 0.6 is 0 Å². The van der Waals surface area contributed by atoms with Crippen molar-refractivity contribution in [2.75, 3.05) is 39.3 Å². The van der Waals surface area contributed by atoms with Crippen molar-refractivity contribution in [3.8, 4) is 11.1 Å². The Morgan fingerprint density at radius 2 is 1.56 bits per heavy atom. The number of ether oxygens (including phenoxy) is 1. The van der Waals surface area contributed by atoms with Crippen LogP contribution in [0.25, 0.3) is 11.1 Å². The maximum Gasteiger partial charge on any atom is 0.410 e. The van der Waals surface area contributed by atoms with Gasteiger partial charge in [-0.1, -0.05) is 70.1 Å². The van der Waals surface area contributed by atoms with Crippen LogP contribution in [-0.4, -0.2) is 92.8 Å². The highest BCUT2D eigenvalue weighted by Gasteiger charge is 2.56. The van der Waals surface area contributed by atoms with E-state index < -0.39 is 34.1 Å². The maximum atomic E-state index is 15.2. The second-order valence-electron chi connectivity index (χ2n) is 17.0. The van der Waals surface area contributed by atoms with Crippen LogP contribution in [0.4, 0.5) is 9.18 Å². The van der Waals surface area contributed by atoms with Crippen molar-refractivity contribution in [1.29, 1.82) is 0 Å². The molecule has 284 valence electrons. The highest BCUT2D eigenvalue weighted by Crippen LogP contribution is 2.52. The first-order chi connectivity index (χ1) is 24.7. The van der Waals surface area contributed by atoms with E-state index in [0.29, 0.717) is 25.4 Å². The molecule has 11 heteroatoms. The number of piperazine rings is 1. The summed E-state index contributed by atoms with van der Waals surface area (Å²) in [5.41, 5.74) is -2.45. The number of nitrogens with zero attached hydrogens (tertiary/aromatic N) is 4. The van der Waals surface area contributed by atoms with Gasteiger partial charge in [-0.3, -0.25) is 14.4 Å². The Morgan fingerprint density at radius 1 is 0.904 bits per heavy atom. The summed E-state index contributed by atoms with van der Waals surface area (Å²) in [5, 5.41) is 12.6. The summed E-state index contributed by atoms with van der Waals surface area (Å²) < 4.78 is 22.2. The molecule has 2 atom stereocenters. The van der Waals surface area contributed by atoms with Crippen LogP contribution in [0.5, 0.6) is 0 Å². The Bertz CT molecular complexity index is 1680. The lowest BCUT2D eigenvalue weighted by molar-refractivity contribution is -0.163. The van der Waals surface area contributed by atoms with Gasteiger partial charge in [0.2, 0.25) is 5.91 Å². The van der Waals surface area contributed by atoms with Gasteiger partial charge in [-0.15, -0.1) is 0 Å². The molecular formula is C41H57FN4O6. The average Bonchev–Trinajstić information content (AvgIpc) is 3.59. The number of carbonyl (C=O) groups is 3. The van der Waals surface area contributed by atoms with Crippen molar-refractivity contribution < 1.29 is 28.6 Å². The van der Waals surface area contributed by atoms with Crippen molar-refractivity contribution >= 4 is 17.9 Å². The summed E-state index contributed by atoms with van der Waals surface area (Å²) in [7, 11) is 0. The van der Waals surface area contributed by atoms with E-state index >= 15 is 4.39 Å². The number of pyridine rings is 1. The number of amides is 3. The van der Waals surface area contributed by atoms with Crippen molar-refractivity contribution in [1.82, 2.24) is 19.3 Å². The largest absolute Gasteiger partial charge is 0.444 e. The zero-order chi connectivity index (χ0) is 37.3. The Hall–Kier alpha value is -3.73. The van der Waals surface area contributed by atoms with Gasteiger partial charge < -0.3 is 29.1 Å². The van der Waals surface area contributed by atoms with E-state index in [9.17, 15) is 24.3 Å². The van der Waals surface area contributed by atoms with Gasteiger partial charge in [0.05, 0.1) is 17.7 Å². The van der Waals surface area contributed by atoms with E-state index in [2.05, 4.69) is 0 Å². The molecule has 6 rings (SSSR count). The molecule has 0 bridgehead atoms. The molecule has 1 aromatic heterocycles. The minimum Gasteiger partial charge on any atom is -0.444 e. The number of hydrogen-bond donors (Lipinski definition) is 1. The number of likely N-dealkylation sites (tertiary alicyclic amines) is 1. The third-order valence-corrected chi connectivity index (χ3v) is 12.2. The summed E-state index contributed by atoms with van der Waals surface area (Å²) >= 11 is 0. The predicted octanol–water partition coefficient (Wildman–Crippen LogP) is 6.48. The number of rotatable bonds is 7. The monoisotopic (exact) mass is 720 g/mol. The van der Waals surface area contributed by atoms with E-state index in [1.165, 1.54) is 55.0 Å². The van der Waals surface area contributed by atoms with Gasteiger partial charge in [-0.05, 0) is 58.4 Å². The van der Waals surface area contributed by atoms with Crippen LogP contribution in [0.15, 0.2) is 41.3 Å². The van der Waals surface area contributed by atoms with Crippen LogP contribution in [-0.2, 0) is 16.1 Å². The molecule has 1 spiro atoms. The van der Waals surface area contributed by atoms with Crippen LogP contribution in [0.1, 0.15) is 109 Å². The summed E-state index contributed by atoms with van der Waals surface area (Å²) in [4.78, 5) is 59.8. The molecule has 3 amide bonds. The van der Waals surface area contributed by atoms with Crippen LogP contribution in [0.2, 0.25) is 0 Å². The molecule has 2 aliphatic carbocycles. The Balaban J connectivity index is 1.25. The average molecular weight is 721 g/mol. The molecule has 2 aromatic rings. The summed E-state index contributed by atoms with van der Waals surface area (Å²) in [6.07, 6.45) is 11.8. The van der Waals surface area contributed by atoms with Gasteiger partial charge in [-0.2, -0.15) is 0 Å². The molecule has 2 saturated carbocycles.